The number of ether oxygens (including phenoxy) is 1. The monoisotopic (exact) mass is 348 g/mol. The van der Waals surface area contributed by atoms with Crippen LogP contribution in [0.2, 0.25) is 0 Å². The second-order valence-electron chi connectivity index (χ2n) is 7.20. The fraction of sp³-hybridized carbons (Fsp3) is 0.632. The van der Waals surface area contributed by atoms with Crippen LogP contribution in [0, 0.1) is 25.7 Å². The molecule has 1 aromatic rings. The summed E-state index contributed by atoms with van der Waals surface area (Å²) in [5, 5.41) is 2.97. The fourth-order valence-electron chi connectivity index (χ4n) is 3.72. The molecule has 3 unspecified atom stereocenters. The van der Waals surface area contributed by atoms with Crippen LogP contribution in [0.1, 0.15) is 72.1 Å². The van der Waals surface area contributed by atoms with Crippen molar-refractivity contribution in [1.82, 2.24) is 10.3 Å². The van der Waals surface area contributed by atoms with Crippen molar-refractivity contribution in [3.63, 3.8) is 0 Å². The first-order chi connectivity index (χ1) is 11.7. The number of carbonyl (C=O) groups is 3. The number of aryl methyl sites for hydroxylation is 1. The number of nitrogens with one attached hydrogen (secondary N) is 2. The first-order valence-corrected chi connectivity index (χ1v) is 8.89. The SMILES string of the molecule is CC(=O)c1c(C)[nH]c(C(=O)OCC(=O)NC2CCCC(C)C2C)c1C. The van der Waals surface area contributed by atoms with Gasteiger partial charge >= 0.3 is 5.97 Å². The molecule has 1 heterocycles. The van der Waals surface area contributed by atoms with Gasteiger partial charge in [-0.15, -0.1) is 0 Å². The molecule has 6 heteroatoms. The minimum atomic E-state index is -0.617. The van der Waals surface area contributed by atoms with Crippen molar-refractivity contribution in [1.29, 1.82) is 0 Å². The van der Waals surface area contributed by atoms with E-state index in [0.717, 1.165) is 12.8 Å². The van der Waals surface area contributed by atoms with Crippen molar-refractivity contribution in [2.24, 2.45) is 11.8 Å². The van der Waals surface area contributed by atoms with Crippen molar-refractivity contribution >= 4 is 17.7 Å². The molecule has 2 N–H and O–H groups in total. The Morgan fingerprint density at radius 3 is 2.48 bits per heavy atom. The summed E-state index contributed by atoms with van der Waals surface area (Å²) in [4.78, 5) is 38.9. The maximum absolute atomic E-state index is 12.2. The van der Waals surface area contributed by atoms with Crippen molar-refractivity contribution < 1.29 is 19.1 Å². The summed E-state index contributed by atoms with van der Waals surface area (Å²) in [6.07, 6.45) is 3.25. The molecule has 1 aromatic heterocycles. The highest BCUT2D eigenvalue weighted by Gasteiger charge is 2.28. The molecule has 3 atom stereocenters. The van der Waals surface area contributed by atoms with Gasteiger partial charge in [0.2, 0.25) is 0 Å². The zero-order valence-electron chi connectivity index (χ0n) is 15.7. The van der Waals surface area contributed by atoms with Crippen LogP contribution in [0.15, 0.2) is 0 Å². The average Bonchev–Trinajstić information content (AvgIpc) is 2.84. The molecule has 2 rings (SSSR count). The molecule has 25 heavy (non-hydrogen) atoms. The Morgan fingerprint density at radius 2 is 1.88 bits per heavy atom. The van der Waals surface area contributed by atoms with Gasteiger partial charge < -0.3 is 15.0 Å². The lowest BCUT2D eigenvalue weighted by atomic mass is 9.78. The van der Waals surface area contributed by atoms with Gasteiger partial charge in [-0.05, 0) is 44.6 Å². The zero-order valence-corrected chi connectivity index (χ0v) is 15.7. The van der Waals surface area contributed by atoms with Crippen molar-refractivity contribution in [3.05, 3.63) is 22.5 Å². The largest absolute Gasteiger partial charge is 0.451 e. The minimum Gasteiger partial charge on any atom is -0.451 e. The Balaban J connectivity index is 1.93. The van der Waals surface area contributed by atoms with E-state index in [9.17, 15) is 14.4 Å². The Bertz CT molecular complexity index is 677. The first-order valence-electron chi connectivity index (χ1n) is 8.89. The van der Waals surface area contributed by atoms with Crippen LogP contribution in [0.25, 0.3) is 0 Å². The number of ketones is 1. The van der Waals surface area contributed by atoms with Crippen molar-refractivity contribution in [2.75, 3.05) is 6.61 Å². The Kier molecular flexibility index (Phi) is 6.03. The summed E-state index contributed by atoms with van der Waals surface area (Å²) in [6.45, 7) is 8.92. The molecular formula is C19H28N2O4. The summed E-state index contributed by atoms with van der Waals surface area (Å²) in [5.74, 6) is -0.0141. The van der Waals surface area contributed by atoms with E-state index < -0.39 is 5.97 Å². The number of esters is 1. The standard InChI is InChI=1S/C19H28N2O4/c1-10-7-6-8-15(11(10)2)21-16(23)9-25-19(24)18-12(3)17(14(5)22)13(4)20-18/h10-11,15,20H,6-9H2,1-5H3,(H,21,23). The highest BCUT2D eigenvalue weighted by Crippen LogP contribution is 2.29. The summed E-state index contributed by atoms with van der Waals surface area (Å²) in [6, 6.07) is 0.133. The van der Waals surface area contributed by atoms with E-state index in [4.69, 9.17) is 4.74 Å². The Morgan fingerprint density at radius 1 is 1.20 bits per heavy atom. The van der Waals surface area contributed by atoms with Gasteiger partial charge in [0, 0.05) is 17.3 Å². The molecular weight excluding hydrogens is 320 g/mol. The zero-order chi connectivity index (χ0) is 18.7. The molecule has 0 radical (unpaired) electrons. The van der Waals surface area contributed by atoms with Crippen LogP contribution in [0.3, 0.4) is 0 Å². The number of rotatable bonds is 5. The van der Waals surface area contributed by atoms with Gasteiger partial charge in [0.1, 0.15) is 5.69 Å². The van der Waals surface area contributed by atoms with Gasteiger partial charge in [-0.2, -0.15) is 0 Å². The molecule has 1 aliphatic rings. The summed E-state index contributed by atoms with van der Waals surface area (Å²) in [7, 11) is 0. The van der Waals surface area contributed by atoms with Crippen LogP contribution in [-0.2, 0) is 9.53 Å². The van der Waals surface area contributed by atoms with Crippen molar-refractivity contribution in [2.45, 2.75) is 59.9 Å². The maximum atomic E-state index is 12.2. The van der Waals surface area contributed by atoms with Gasteiger partial charge in [0.05, 0.1) is 0 Å². The van der Waals surface area contributed by atoms with E-state index in [0.29, 0.717) is 28.7 Å². The number of amides is 1. The lowest BCUT2D eigenvalue weighted by molar-refractivity contribution is -0.125. The maximum Gasteiger partial charge on any atom is 0.355 e. The quantitative estimate of drug-likeness (QED) is 0.632. The van der Waals surface area contributed by atoms with Crippen molar-refractivity contribution in [3.8, 4) is 0 Å². The number of hydrogen-bond acceptors (Lipinski definition) is 4. The normalized spacial score (nSPS) is 23.2. The lowest BCUT2D eigenvalue weighted by Gasteiger charge is -2.34. The molecule has 0 bridgehead atoms. The highest BCUT2D eigenvalue weighted by atomic mass is 16.5. The minimum absolute atomic E-state index is 0.108. The fourth-order valence-corrected chi connectivity index (χ4v) is 3.72. The third-order valence-electron chi connectivity index (χ3n) is 5.38. The molecule has 1 fully saturated rings. The molecule has 0 saturated heterocycles. The molecule has 1 amide bonds. The van der Waals surface area contributed by atoms with Crippen LogP contribution in [-0.4, -0.2) is 35.3 Å². The molecule has 1 aliphatic carbocycles. The topological polar surface area (TPSA) is 88.3 Å². The van der Waals surface area contributed by atoms with Gasteiger partial charge in [-0.3, -0.25) is 9.59 Å². The first kappa shape index (κ1) is 19.2. The number of Topliss-reactive ketones (excluding diaryl/α,β-unsaturated/α-hetero) is 1. The van der Waals surface area contributed by atoms with Gasteiger partial charge in [0.15, 0.2) is 12.4 Å². The summed E-state index contributed by atoms with van der Waals surface area (Å²) < 4.78 is 5.13. The molecule has 6 nitrogen and oxygen atoms in total. The molecule has 1 saturated carbocycles. The second-order valence-corrected chi connectivity index (χ2v) is 7.20. The predicted octanol–water partition coefficient (Wildman–Crippen LogP) is 2.93. The second kappa shape index (κ2) is 7.85. The highest BCUT2D eigenvalue weighted by molar-refractivity contribution is 6.01. The van der Waals surface area contributed by atoms with Crippen LogP contribution in [0.5, 0.6) is 0 Å². The smallest absolute Gasteiger partial charge is 0.355 e. The Hall–Kier alpha value is -2.11. The number of aromatic nitrogens is 1. The van der Waals surface area contributed by atoms with E-state index >= 15 is 0 Å². The summed E-state index contributed by atoms with van der Waals surface area (Å²) >= 11 is 0. The van der Waals surface area contributed by atoms with Gasteiger partial charge in [0.25, 0.3) is 5.91 Å². The van der Waals surface area contributed by atoms with E-state index in [2.05, 4.69) is 24.1 Å². The number of H-pyrrole nitrogens is 1. The summed E-state index contributed by atoms with van der Waals surface area (Å²) in [5.41, 5.74) is 1.92. The van der Waals surface area contributed by atoms with Crippen LogP contribution < -0.4 is 5.32 Å². The number of aromatic amines is 1. The van der Waals surface area contributed by atoms with E-state index in [-0.39, 0.29) is 30.0 Å². The van der Waals surface area contributed by atoms with E-state index in [1.807, 2.05) is 0 Å². The average molecular weight is 348 g/mol. The molecule has 0 aliphatic heterocycles. The molecule has 0 aromatic carbocycles. The van der Waals surface area contributed by atoms with Crippen LogP contribution in [0.4, 0.5) is 0 Å². The number of hydrogen-bond donors (Lipinski definition) is 2. The molecule has 0 spiro atoms. The third-order valence-corrected chi connectivity index (χ3v) is 5.38. The molecule has 138 valence electrons. The predicted molar refractivity (Wildman–Crippen MR) is 94.7 cm³/mol. The van der Waals surface area contributed by atoms with Gasteiger partial charge in [-0.1, -0.05) is 26.7 Å². The number of carbonyl (C=O) groups excluding carboxylic acids is 3. The third kappa shape index (κ3) is 4.30. The Labute approximate surface area is 148 Å². The van der Waals surface area contributed by atoms with E-state index in [1.165, 1.54) is 13.3 Å². The van der Waals surface area contributed by atoms with E-state index in [1.54, 1.807) is 13.8 Å². The van der Waals surface area contributed by atoms with Gasteiger partial charge in [-0.25, -0.2) is 4.79 Å². The van der Waals surface area contributed by atoms with Crippen LogP contribution >= 0.6 is 0 Å². The lowest BCUT2D eigenvalue weighted by Crippen LogP contribution is -2.45.